The van der Waals surface area contributed by atoms with Gasteiger partial charge in [-0.1, -0.05) is 53.5 Å². The average Bonchev–Trinajstić information content (AvgIpc) is 3.55. The molecule has 0 aliphatic heterocycles. The predicted octanol–water partition coefficient (Wildman–Crippen LogP) is 8.79. The van der Waals surface area contributed by atoms with Crippen LogP contribution in [0.4, 0.5) is 11.4 Å². The van der Waals surface area contributed by atoms with Crippen molar-refractivity contribution in [3.8, 4) is 17.1 Å². The van der Waals surface area contributed by atoms with Gasteiger partial charge in [-0.3, -0.25) is 14.4 Å². The second-order valence-electron chi connectivity index (χ2n) is 10.1. The molecule has 0 unspecified atom stereocenters. The zero-order chi connectivity index (χ0) is 33.3. The van der Waals surface area contributed by atoms with Crippen molar-refractivity contribution in [3.63, 3.8) is 0 Å². The van der Waals surface area contributed by atoms with E-state index in [9.17, 15) is 14.4 Å². The van der Waals surface area contributed by atoms with Crippen LogP contribution in [0.3, 0.4) is 0 Å². The number of hydrogen-bond acceptors (Lipinski definition) is 6. The lowest BCUT2D eigenvalue weighted by molar-refractivity contribution is -0.115. The highest BCUT2D eigenvalue weighted by atomic mass is 35.5. The van der Waals surface area contributed by atoms with E-state index in [1.165, 1.54) is 17.8 Å². The Hall–Kier alpha value is -4.96. The Morgan fingerprint density at radius 2 is 1.57 bits per heavy atom. The number of methoxy groups -OCH3 is 1. The number of benzene rings is 4. The van der Waals surface area contributed by atoms with Crippen molar-refractivity contribution in [3.05, 3.63) is 136 Å². The van der Waals surface area contributed by atoms with E-state index in [2.05, 4.69) is 16.0 Å². The molecule has 5 aromatic rings. The van der Waals surface area contributed by atoms with E-state index in [0.29, 0.717) is 44.3 Å². The predicted molar refractivity (Wildman–Crippen MR) is 188 cm³/mol. The maximum absolute atomic E-state index is 13.5. The molecular weight excluding hydrogens is 657 g/mol. The van der Waals surface area contributed by atoms with E-state index in [-0.39, 0.29) is 11.6 Å². The Labute approximate surface area is 286 Å². The molecule has 238 valence electrons. The highest BCUT2D eigenvalue weighted by Crippen LogP contribution is 2.32. The van der Waals surface area contributed by atoms with Gasteiger partial charge in [0.2, 0.25) is 5.91 Å². The number of nitrogens with one attached hydrogen (secondary N) is 3. The minimum atomic E-state index is -0.558. The van der Waals surface area contributed by atoms with Crippen LogP contribution in [0.1, 0.15) is 23.0 Å². The fraction of sp³-hybridized carbons (Fsp3) is 0.0833. The first-order valence-electron chi connectivity index (χ1n) is 14.4. The van der Waals surface area contributed by atoms with E-state index in [1.54, 1.807) is 99.0 Å². The number of carbonyl (C=O) groups is 3. The van der Waals surface area contributed by atoms with E-state index in [0.717, 1.165) is 10.5 Å². The lowest BCUT2D eigenvalue weighted by Gasteiger charge is -2.14. The first kappa shape index (κ1) is 33.4. The molecule has 0 fully saturated rings. The Morgan fingerprint density at radius 3 is 2.30 bits per heavy atom. The summed E-state index contributed by atoms with van der Waals surface area (Å²) in [6.45, 7) is 1.78. The van der Waals surface area contributed by atoms with Gasteiger partial charge < -0.3 is 25.1 Å². The van der Waals surface area contributed by atoms with Gasteiger partial charge in [-0.25, -0.2) is 0 Å². The highest BCUT2D eigenvalue weighted by Gasteiger charge is 2.19. The van der Waals surface area contributed by atoms with Gasteiger partial charge >= 0.3 is 0 Å². The molecule has 0 saturated carbocycles. The summed E-state index contributed by atoms with van der Waals surface area (Å²) in [6.07, 6.45) is 1.46. The van der Waals surface area contributed by atoms with Gasteiger partial charge in [0, 0.05) is 27.2 Å². The Bertz CT molecular complexity index is 1930. The van der Waals surface area contributed by atoms with Crippen LogP contribution in [0, 0.1) is 0 Å². The molecule has 0 bridgehead atoms. The third-order valence-corrected chi connectivity index (χ3v) is 8.46. The molecule has 0 radical (unpaired) electrons. The molecular formula is C36H29Cl2N3O5S. The summed E-state index contributed by atoms with van der Waals surface area (Å²) in [5.74, 6) is 0.279. The summed E-state index contributed by atoms with van der Waals surface area (Å²) in [4.78, 5) is 40.1. The molecule has 1 aromatic heterocycles. The van der Waals surface area contributed by atoms with Gasteiger partial charge in [0.1, 0.15) is 23.0 Å². The molecule has 1 atom stereocenters. The molecule has 3 N–H and O–H groups in total. The first-order valence-corrected chi connectivity index (χ1v) is 16.0. The normalized spacial score (nSPS) is 11.8. The quantitative estimate of drug-likeness (QED) is 0.0947. The second-order valence-corrected chi connectivity index (χ2v) is 12.4. The number of halogens is 2. The number of amides is 3. The second kappa shape index (κ2) is 15.6. The van der Waals surface area contributed by atoms with Crippen LogP contribution in [0.25, 0.3) is 17.4 Å². The number of hydrogen-bond donors (Lipinski definition) is 3. The standard InChI is InChI=1S/C36H29Cl2N3O5S/c1-22(34(42)40-30-18-12-24(37)20-29(30)38)47-27-16-13-25(14-17-27)39-36(44)31(41-35(43)23-8-4-3-5-9-23)21-26-15-19-33(46-26)28-10-6-7-11-32(28)45-2/h3-22H,1-2H3,(H,39,44)(H,40,42)(H,41,43)/b31-21+/t22-/m1/s1. The summed E-state index contributed by atoms with van der Waals surface area (Å²) < 4.78 is 11.5. The van der Waals surface area contributed by atoms with Crippen LogP contribution in [0.2, 0.25) is 10.0 Å². The Morgan fingerprint density at radius 1 is 0.851 bits per heavy atom. The van der Waals surface area contributed by atoms with E-state index in [4.69, 9.17) is 32.4 Å². The summed E-state index contributed by atoms with van der Waals surface area (Å²) in [6, 6.07) is 31.3. The maximum atomic E-state index is 13.5. The molecule has 8 nitrogen and oxygen atoms in total. The number of rotatable bonds is 11. The summed E-state index contributed by atoms with van der Waals surface area (Å²) in [5.41, 5.74) is 2.06. The fourth-order valence-electron chi connectivity index (χ4n) is 4.41. The number of furan rings is 1. The number of ether oxygens (including phenoxy) is 1. The first-order chi connectivity index (χ1) is 22.7. The Kier molecular flexibility index (Phi) is 11.1. The number of thioether (sulfide) groups is 1. The van der Waals surface area contributed by atoms with Gasteiger partial charge in [-0.2, -0.15) is 0 Å². The zero-order valence-corrected chi connectivity index (χ0v) is 27.6. The lowest BCUT2D eigenvalue weighted by Crippen LogP contribution is -2.30. The molecule has 1 heterocycles. The number of para-hydroxylation sites is 1. The van der Waals surface area contributed by atoms with Crippen LogP contribution >= 0.6 is 35.0 Å². The monoisotopic (exact) mass is 685 g/mol. The van der Waals surface area contributed by atoms with Crippen LogP contribution in [0.15, 0.2) is 124 Å². The molecule has 0 saturated heterocycles. The van der Waals surface area contributed by atoms with Gasteiger partial charge in [-0.15, -0.1) is 11.8 Å². The smallest absolute Gasteiger partial charge is 0.272 e. The van der Waals surface area contributed by atoms with Gasteiger partial charge in [0.15, 0.2) is 0 Å². The molecule has 5 rings (SSSR count). The summed E-state index contributed by atoms with van der Waals surface area (Å²) in [5, 5.41) is 8.72. The maximum Gasteiger partial charge on any atom is 0.272 e. The van der Waals surface area contributed by atoms with Crippen molar-refractivity contribution in [2.75, 3.05) is 17.7 Å². The SMILES string of the molecule is COc1ccccc1-c1ccc(/C=C(/NC(=O)c2ccccc2)C(=O)Nc2ccc(S[C@H](C)C(=O)Nc3ccc(Cl)cc3Cl)cc2)o1. The van der Waals surface area contributed by atoms with Crippen molar-refractivity contribution in [2.45, 2.75) is 17.1 Å². The van der Waals surface area contributed by atoms with Crippen molar-refractivity contribution >= 4 is 70.1 Å². The molecule has 0 aliphatic carbocycles. The van der Waals surface area contributed by atoms with E-state index in [1.807, 2.05) is 24.3 Å². The van der Waals surface area contributed by atoms with Crippen molar-refractivity contribution in [2.24, 2.45) is 0 Å². The third kappa shape index (κ3) is 8.86. The van der Waals surface area contributed by atoms with Crippen LogP contribution in [-0.4, -0.2) is 30.1 Å². The van der Waals surface area contributed by atoms with Crippen LogP contribution < -0.4 is 20.7 Å². The van der Waals surface area contributed by atoms with Gasteiger partial charge in [0.25, 0.3) is 11.8 Å². The molecule has 0 spiro atoms. The highest BCUT2D eigenvalue weighted by molar-refractivity contribution is 8.00. The van der Waals surface area contributed by atoms with Crippen LogP contribution in [0.5, 0.6) is 5.75 Å². The largest absolute Gasteiger partial charge is 0.496 e. The minimum absolute atomic E-state index is 0.0237. The van der Waals surface area contributed by atoms with Gasteiger partial charge in [0.05, 0.1) is 28.6 Å². The lowest BCUT2D eigenvalue weighted by atomic mass is 10.1. The molecule has 47 heavy (non-hydrogen) atoms. The molecule has 0 aliphatic rings. The topological polar surface area (TPSA) is 110 Å². The van der Waals surface area contributed by atoms with E-state index >= 15 is 0 Å². The fourth-order valence-corrected chi connectivity index (χ4v) is 5.73. The summed E-state index contributed by atoms with van der Waals surface area (Å²) in [7, 11) is 1.58. The minimum Gasteiger partial charge on any atom is -0.496 e. The molecule has 3 amide bonds. The van der Waals surface area contributed by atoms with Crippen LogP contribution in [-0.2, 0) is 9.59 Å². The molecule has 4 aromatic carbocycles. The van der Waals surface area contributed by atoms with Crippen molar-refractivity contribution < 1.29 is 23.5 Å². The Balaban J connectivity index is 1.30. The molecule has 11 heteroatoms. The number of carbonyl (C=O) groups excluding carboxylic acids is 3. The van der Waals surface area contributed by atoms with Crippen molar-refractivity contribution in [1.29, 1.82) is 0 Å². The van der Waals surface area contributed by atoms with Gasteiger partial charge in [-0.05, 0) is 85.8 Å². The third-order valence-electron chi connectivity index (χ3n) is 6.80. The zero-order valence-electron chi connectivity index (χ0n) is 25.3. The number of anilines is 2. The van der Waals surface area contributed by atoms with E-state index < -0.39 is 17.1 Å². The average molecular weight is 687 g/mol. The van der Waals surface area contributed by atoms with Crippen molar-refractivity contribution in [1.82, 2.24) is 5.32 Å². The summed E-state index contributed by atoms with van der Waals surface area (Å²) >= 11 is 13.5.